The summed E-state index contributed by atoms with van der Waals surface area (Å²) in [6, 6.07) is 28.2. The molecule has 0 unspecified atom stereocenters. The summed E-state index contributed by atoms with van der Waals surface area (Å²) in [6.45, 7) is 6.45. The molecule has 31 heavy (non-hydrogen) atoms. The normalized spacial score (nSPS) is 11.9. The van der Waals surface area contributed by atoms with Gasteiger partial charge in [0, 0.05) is 6.54 Å². The van der Waals surface area contributed by atoms with Crippen molar-refractivity contribution in [1.82, 2.24) is 4.90 Å². The van der Waals surface area contributed by atoms with Crippen molar-refractivity contribution in [2.75, 3.05) is 33.9 Å². The zero-order valence-electron chi connectivity index (χ0n) is 19.0. The molecule has 3 aromatic carbocycles. The highest BCUT2D eigenvalue weighted by Gasteiger charge is 2.13. The Kier molecular flexibility index (Phi) is 8.31. The SMILES string of the molecule is CCOc1ccc(C(CC)=C(c2cc[c]cc2)c2ccc(OCCN(C)C)cc2)cc1. The molecule has 161 valence electrons. The first-order valence-corrected chi connectivity index (χ1v) is 10.9. The molecule has 0 amide bonds. The summed E-state index contributed by atoms with van der Waals surface area (Å²) in [5.74, 6) is 1.79. The quantitative estimate of drug-likeness (QED) is 0.369. The predicted octanol–water partition coefficient (Wildman–Crippen LogP) is 6.19. The largest absolute Gasteiger partial charge is 0.494 e. The lowest BCUT2D eigenvalue weighted by atomic mass is 9.88. The van der Waals surface area contributed by atoms with Gasteiger partial charge in [-0.2, -0.15) is 0 Å². The fourth-order valence-corrected chi connectivity index (χ4v) is 3.58. The summed E-state index contributed by atoms with van der Waals surface area (Å²) in [7, 11) is 4.10. The second kappa shape index (κ2) is 11.4. The number of allylic oxidation sites excluding steroid dienone is 1. The van der Waals surface area contributed by atoms with Gasteiger partial charge in [-0.15, -0.1) is 0 Å². The number of likely N-dealkylation sites (N-methyl/N-ethyl adjacent to an activating group) is 1. The topological polar surface area (TPSA) is 21.7 Å². The van der Waals surface area contributed by atoms with Gasteiger partial charge in [0.25, 0.3) is 0 Å². The Hall–Kier alpha value is -3.04. The van der Waals surface area contributed by atoms with E-state index in [-0.39, 0.29) is 0 Å². The minimum atomic E-state index is 0.671. The lowest BCUT2D eigenvalue weighted by Crippen LogP contribution is -2.19. The van der Waals surface area contributed by atoms with Crippen LogP contribution in [0.5, 0.6) is 11.5 Å². The number of ether oxygens (including phenoxy) is 2. The van der Waals surface area contributed by atoms with Crippen LogP contribution in [-0.4, -0.2) is 38.8 Å². The van der Waals surface area contributed by atoms with Gasteiger partial charge in [-0.3, -0.25) is 0 Å². The van der Waals surface area contributed by atoms with E-state index >= 15 is 0 Å². The minimum absolute atomic E-state index is 0.671. The maximum absolute atomic E-state index is 5.89. The molecule has 1 radical (unpaired) electrons. The van der Waals surface area contributed by atoms with Crippen molar-refractivity contribution < 1.29 is 9.47 Å². The Morgan fingerprint density at radius 1 is 0.742 bits per heavy atom. The maximum Gasteiger partial charge on any atom is 0.119 e. The number of hydrogen-bond acceptors (Lipinski definition) is 3. The molecule has 0 bridgehead atoms. The summed E-state index contributed by atoms with van der Waals surface area (Å²) in [5, 5.41) is 0. The lowest BCUT2D eigenvalue weighted by molar-refractivity contribution is 0.261. The standard InChI is InChI=1S/C28H32NO2/c1-5-27(22-12-16-25(17-13-22)30-6-2)28(23-10-8-7-9-11-23)24-14-18-26(19-15-24)31-21-20-29(3)4/h8-19H,5-6,20-21H2,1-4H3. The highest BCUT2D eigenvalue weighted by molar-refractivity contribution is 5.98. The minimum Gasteiger partial charge on any atom is -0.494 e. The van der Waals surface area contributed by atoms with E-state index in [9.17, 15) is 0 Å². The van der Waals surface area contributed by atoms with E-state index in [1.165, 1.54) is 27.8 Å². The molecule has 3 heteroatoms. The summed E-state index contributed by atoms with van der Waals surface area (Å²) in [6.07, 6.45) is 0.920. The first-order chi connectivity index (χ1) is 15.1. The fraction of sp³-hybridized carbons (Fsp3) is 0.286. The molecule has 0 N–H and O–H groups in total. The van der Waals surface area contributed by atoms with Crippen LogP contribution in [0.1, 0.15) is 37.0 Å². The molecule has 0 saturated carbocycles. The van der Waals surface area contributed by atoms with E-state index in [4.69, 9.17) is 9.47 Å². The van der Waals surface area contributed by atoms with Gasteiger partial charge in [0.1, 0.15) is 18.1 Å². The number of nitrogens with zero attached hydrogens (tertiary/aromatic N) is 1. The Bertz CT molecular complexity index is 958. The Balaban J connectivity index is 1.99. The van der Waals surface area contributed by atoms with Crippen molar-refractivity contribution >= 4 is 11.1 Å². The number of hydrogen-bond donors (Lipinski definition) is 0. The molecule has 0 saturated heterocycles. The third-order valence-corrected chi connectivity index (χ3v) is 5.13. The second-order valence-electron chi connectivity index (χ2n) is 7.63. The first kappa shape index (κ1) is 22.6. The van der Waals surface area contributed by atoms with Crippen molar-refractivity contribution in [3.05, 3.63) is 95.6 Å². The molecule has 3 nitrogen and oxygen atoms in total. The van der Waals surface area contributed by atoms with Gasteiger partial charge >= 0.3 is 0 Å². The third kappa shape index (κ3) is 6.22. The molecule has 0 aliphatic heterocycles. The van der Waals surface area contributed by atoms with Crippen LogP contribution in [0.2, 0.25) is 0 Å². The third-order valence-electron chi connectivity index (χ3n) is 5.13. The molecular weight excluding hydrogens is 382 g/mol. The van der Waals surface area contributed by atoms with Gasteiger partial charge in [0.2, 0.25) is 0 Å². The van der Waals surface area contributed by atoms with Crippen LogP contribution >= 0.6 is 0 Å². The number of benzene rings is 3. The van der Waals surface area contributed by atoms with Crippen molar-refractivity contribution in [3.8, 4) is 11.5 Å². The van der Waals surface area contributed by atoms with Crippen molar-refractivity contribution in [2.45, 2.75) is 20.3 Å². The Morgan fingerprint density at radius 2 is 1.29 bits per heavy atom. The highest BCUT2D eigenvalue weighted by atomic mass is 16.5. The van der Waals surface area contributed by atoms with Gasteiger partial charge in [-0.05, 0) is 85.6 Å². The smallest absolute Gasteiger partial charge is 0.119 e. The fourth-order valence-electron chi connectivity index (χ4n) is 3.58. The monoisotopic (exact) mass is 414 g/mol. The molecular formula is C28H32NO2. The van der Waals surface area contributed by atoms with Crippen molar-refractivity contribution in [1.29, 1.82) is 0 Å². The molecule has 0 aliphatic carbocycles. The molecule has 0 aliphatic rings. The lowest BCUT2D eigenvalue weighted by Gasteiger charge is -2.17. The van der Waals surface area contributed by atoms with Crippen LogP contribution in [0, 0.1) is 6.07 Å². The predicted molar refractivity (Wildman–Crippen MR) is 130 cm³/mol. The van der Waals surface area contributed by atoms with Gasteiger partial charge in [0.05, 0.1) is 6.61 Å². The van der Waals surface area contributed by atoms with Crippen LogP contribution < -0.4 is 9.47 Å². The van der Waals surface area contributed by atoms with Crippen LogP contribution in [0.3, 0.4) is 0 Å². The molecule has 0 atom stereocenters. The first-order valence-electron chi connectivity index (χ1n) is 10.9. The van der Waals surface area contributed by atoms with Crippen LogP contribution in [0.4, 0.5) is 0 Å². The van der Waals surface area contributed by atoms with E-state index in [0.717, 1.165) is 24.5 Å². The average Bonchev–Trinajstić information content (AvgIpc) is 2.79. The summed E-state index contributed by atoms with van der Waals surface area (Å²) >= 11 is 0. The van der Waals surface area contributed by atoms with Gasteiger partial charge in [-0.25, -0.2) is 0 Å². The molecule has 0 aromatic heterocycles. The Morgan fingerprint density at radius 3 is 1.84 bits per heavy atom. The van der Waals surface area contributed by atoms with E-state index in [1.54, 1.807) is 0 Å². The Labute approximate surface area is 186 Å². The summed E-state index contributed by atoms with van der Waals surface area (Å²) < 4.78 is 11.5. The number of rotatable bonds is 10. The van der Waals surface area contributed by atoms with Gasteiger partial charge < -0.3 is 14.4 Å². The van der Waals surface area contributed by atoms with Crippen molar-refractivity contribution in [3.63, 3.8) is 0 Å². The molecule has 3 rings (SSSR count). The molecule has 3 aromatic rings. The van der Waals surface area contributed by atoms with Crippen molar-refractivity contribution in [2.24, 2.45) is 0 Å². The molecule has 0 fully saturated rings. The highest BCUT2D eigenvalue weighted by Crippen LogP contribution is 2.35. The molecule has 0 spiro atoms. The average molecular weight is 415 g/mol. The van der Waals surface area contributed by atoms with Crippen LogP contribution in [0.25, 0.3) is 11.1 Å². The van der Waals surface area contributed by atoms with Crippen LogP contribution in [-0.2, 0) is 0 Å². The summed E-state index contributed by atoms with van der Waals surface area (Å²) in [5.41, 5.74) is 6.11. The molecule has 0 heterocycles. The van der Waals surface area contributed by atoms with Gasteiger partial charge in [0.15, 0.2) is 0 Å². The van der Waals surface area contributed by atoms with E-state index in [0.29, 0.717) is 13.2 Å². The van der Waals surface area contributed by atoms with Crippen LogP contribution in [0.15, 0.2) is 72.8 Å². The summed E-state index contributed by atoms with van der Waals surface area (Å²) in [4.78, 5) is 2.12. The van der Waals surface area contributed by atoms with E-state index < -0.39 is 0 Å². The zero-order valence-corrected chi connectivity index (χ0v) is 19.0. The van der Waals surface area contributed by atoms with E-state index in [1.807, 2.05) is 45.3 Å². The van der Waals surface area contributed by atoms with Gasteiger partial charge in [-0.1, -0.05) is 55.5 Å². The van der Waals surface area contributed by atoms with E-state index in [2.05, 4.69) is 66.4 Å². The second-order valence-corrected chi connectivity index (χ2v) is 7.63. The maximum atomic E-state index is 5.89. The zero-order chi connectivity index (χ0) is 22.1.